The molecular weight excluding hydrogens is 1300 g/mol. The Morgan fingerprint density at radius 3 is 0.933 bits per heavy atom. The number of aliphatic hydroxyl groups is 4. The van der Waals surface area contributed by atoms with E-state index in [2.05, 4.69) is 79.1 Å². The van der Waals surface area contributed by atoms with Crippen LogP contribution in [0.3, 0.4) is 0 Å². The Hall–Kier alpha value is -3.72. The molecule has 0 bridgehead atoms. The Morgan fingerprint density at radius 1 is 0.356 bits per heavy atom. The van der Waals surface area contributed by atoms with Crippen molar-refractivity contribution in [1.82, 2.24) is 0 Å². The molecule has 576 valence electrons. The van der Waals surface area contributed by atoms with Crippen molar-refractivity contribution in [3.8, 4) is 49.4 Å². The molecule has 0 radical (unpaired) electrons. The Labute approximate surface area is 627 Å². The fourth-order valence-corrected chi connectivity index (χ4v) is 31.4. The number of carbonyl (C=O) groups is 4. The molecule has 12 unspecified atom stereocenters. The molecule has 4 N–H and O–H groups in total. The lowest BCUT2D eigenvalue weighted by Gasteiger charge is -2.61. The van der Waals surface area contributed by atoms with E-state index in [1.165, 1.54) is 110 Å². The van der Waals surface area contributed by atoms with Crippen molar-refractivity contribution >= 4 is 24.5 Å². The summed E-state index contributed by atoms with van der Waals surface area (Å²) < 4.78 is 23.3. The highest BCUT2D eigenvalue weighted by Crippen LogP contribution is 2.74. The van der Waals surface area contributed by atoms with Crippen LogP contribution in [0, 0.1) is 187 Å². The average Bonchev–Trinajstić information content (AvgIpc) is 1.47. The fourth-order valence-electron chi connectivity index (χ4n) is 31.4. The lowest BCUT2D eigenvalue weighted by atomic mass is 9.44. The Morgan fingerprint density at radius 2 is 0.635 bits per heavy atom. The maximum absolute atomic E-state index is 11.9. The molecule has 0 saturated heterocycles. The van der Waals surface area contributed by atoms with Gasteiger partial charge in [-0.05, 0) is 347 Å². The highest BCUT2D eigenvalue weighted by atomic mass is 16.6. The smallest absolute Gasteiger partial charge is 0.304 e. The minimum atomic E-state index is -0.902. The van der Waals surface area contributed by atoms with E-state index < -0.39 is 22.4 Å². The molecule has 16 aliphatic rings. The Kier molecular flexibility index (Phi) is 21.8. The van der Waals surface area contributed by atoms with Gasteiger partial charge in [0.25, 0.3) is 0 Å². The predicted octanol–water partition coefficient (Wildman–Crippen LogP) is 16.6. The van der Waals surface area contributed by atoms with Crippen molar-refractivity contribution in [1.29, 1.82) is 0 Å². The zero-order valence-electron chi connectivity index (χ0n) is 65.9. The van der Waals surface area contributed by atoms with Crippen molar-refractivity contribution in [2.75, 3.05) is 13.2 Å². The van der Waals surface area contributed by atoms with E-state index in [0.29, 0.717) is 86.8 Å². The monoisotopic (exact) mass is 1430 g/mol. The summed E-state index contributed by atoms with van der Waals surface area (Å²) in [6, 6.07) is 0. The second-order valence-corrected chi connectivity index (χ2v) is 40.4. The van der Waals surface area contributed by atoms with Gasteiger partial charge < -0.3 is 49.0 Å². The number of aldehydes is 2. The first-order valence-electron chi connectivity index (χ1n) is 42.5. The van der Waals surface area contributed by atoms with Crippen LogP contribution in [0.15, 0.2) is 0 Å². The maximum Gasteiger partial charge on any atom is 0.304 e. The summed E-state index contributed by atoms with van der Waals surface area (Å²) in [6.45, 7) is 22.6. The molecule has 0 aliphatic heterocycles. The third-order valence-electron chi connectivity index (χ3n) is 37.4. The summed E-state index contributed by atoms with van der Waals surface area (Å²) in [5.74, 6) is 21.8. The number of terminal acetylenes is 4. The number of fused-ring (bicyclic) bond motifs is 20. The van der Waals surface area contributed by atoms with Crippen LogP contribution in [0.1, 0.15) is 300 Å². The van der Waals surface area contributed by atoms with Gasteiger partial charge in [0.1, 0.15) is 37.0 Å². The average molecular weight is 1430 g/mol. The number of ether oxygens (including phenoxy) is 4. The fraction of sp³-hybridized carbons (Fsp3) is 0.870. The van der Waals surface area contributed by atoms with Crippen LogP contribution in [0.25, 0.3) is 0 Å². The highest BCUT2D eigenvalue weighted by Gasteiger charge is 2.70. The largest absolute Gasteiger partial charge is 0.445 e. The second-order valence-electron chi connectivity index (χ2n) is 40.4. The first-order valence-corrected chi connectivity index (χ1v) is 42.5. The van der Waals surface area contributed by atoms with E-state index in [1.807, 2.05) is 0 Å². The molecular formula is C92H136O12. The van der Waals surface area contributed by atoms with E-state index in [9.17, 15) is 39.6 Å². The lowest BCUT2D eigenvalue weighted by molar-refractivity contribution is -0.177. The van der Waals surface area contributed by atoms with E-state index in [-0.39, 0.29) is 71.2 Å². The van der Waals surface area contributed by atoms with Crippen LogP contribution < -0.4 is 0 Å². The van der Waals surface area contributed by atoms with Gasteiger partial charge in [-0.25, -0.2) is 0 Å². The summed E-state index contributed by atoms with van der Waals surface area (Å²) in [7, 11) is 0. The van der Waals surface area contributed by atoms with Gasteiger partial charge in [0, 0.05) is 35.5 Å². The zero-order valence-corrected chi connectivity index (χ0v) is 65.9. The van der Waals surface area contributed by atoms with Gasteiger partial charge in [-0.15, -0.1) is 25.7 Å². The van der Waals surface area contributed by atoms with Gasteiger partial charge in [-0.1, -0.05) is 79.1 Å². The van der Waals surface area contributed by atoms with Crippen LogP contribution in [0.4, 0.5) is 0 Å². The third kappa shape index (κ3) is 12.4. The summed E-state index contributed by atoms with van der Waals surface area (Å²) in [4.78, 5) is 45.0. The van der Waals surface area contributed by atoms with Crippen LogP contribution in [0.5, 0.6) is 0 Å². The second kappa shape index (κ2) is 28.9. The number of aliphatic hydroxyl groups excluding tert-OH is 2. The zero-order chi connectivity index (χ0) is 74.6. The molecule has 0 aromatic rings. The molecule has 0 spiro atoms. The van der Waals surface area contributed by atoms with Crippen LogP contribution >= 0.6 is 0 Å². The van der Waals surface area contributed by atoms with Gasteiger partial charge in [-0.2, -0.15) is 0 Å². The molecule has 16 aliphatic carbocycles. The third-order valence-corrected chi connectivity index (χ3v) is 37.4. The number of hydrogen-bond acceptors (Lipinski definition) is 12. The van der Waals surface area contributed by atoms with Crippen molar-refractivity contribution < 1.29 is 58.6 Å². The molecule has 12 nitrogen and oxygen atoms in total. The van der Waals surface area contributed by atoms with Gasteiger partial charge >= 0.3 is 11.9 Å². The standard InChI is InChI=1S/C25H36O4.2C23H34O3.C21H32O2/c1-5-25(29-17(2)27)13-10-22-20-7-6-18-16-19(28-15-14-26)8-11-23(18,3)21(20)9-12-24(22,25)4;1-5-23(26-15(2)24)13-10-20-18-7-6-16-14-17(25)8-11-21(16,3)19(18)9-12-22(20,23)4;1-4-23(25)12-9-20-18-6-5-16-15-17(26-14-13-24)7-10-21(16,2)19(18)8-11-22(20,23)3;1-4-21(23)12-9-18-16-6-5-14-13-15(22)7-10-19(14,2)17(16)8-11-20(18,21)3/h1,14,18-22H,6-13,15-16H2,2-4H3;1,16-20,25H,6-14H2,2-4H3;1,13,16-20,25H,5-12,14-15H2,2-3H3;1,14-18,22-23H,5-13H2,2-3H3/t18-,19+,20?,21?,22?,23-,24-,25-;2*16-,17+,18?,19?,20?,21-,22-,23-;14-,15+,16?,17?,18?,19-,20-,21-/m0000/s1. The topological polar surface area (TPSA) is 186 Å². The van der Waals surface area contributed by atoms with E-state index >= 15 is 0 Å². The lowest BCUT2D eigenvalue weighted by Crippen LogP contribution is -2.57. The van der Waals surface area contributed by atoms with Crippen molar-refractivity contribution in [2.45, 2.75) is 347 Å². The van der Waals surface area contributed by atoms with Crippen LogP contribution in [-0.4, -0.2) is 105 Å². The number of esters is 2. The number of hydrogen-bond donors (Lipinski definition) is 4. The van der Waals surface area contributed by atoms with Crippen molar-refractivity contribution in [3.63, 3.8) is 0 Å². The number of rotatable bonds is 8. The highest BCUT2D eigenvalue weighted by molar-refractivity contribution is 5.68. The van der Waals surface area contributed by atoms with Gasteiger partial charge in [0.2, 0.25) is 0 Å². The Bertz CT molecular complexity index is 3350. The number of carbonyl (C=O) groups excluding carboxylic acids is 4. The molecule has 12 heteroatoms. The quantitative estimate of drug-likeness (QED) is 0.103. The van der Waals surface area contributed by atoms with Gasteiger partial charge in [0.05, 0.1) is 24.4 Å². The molecule has 0 aromatic carbocycles. The molecule has 32 atom stereocenters. The first-order chi connectivity index (χ1) is 49.3. The summed E-state index contributed by atoms with van der Waals surface area (Å²) in [5.41, 5.74) is -2.10. The normalized spacial score (nSPS) is 53.0. The molecule has 0 aromatic heterocycles. The van der Waals surface area contributed by atoms with Crippen molar-refractivity contribution in [2.24, 2.45) is 138 Å². The molecule has 16 saturated carbocycles. The van der Waals surface area contributed by atoms with E-state index in [4.69, 9.17) is 44.6 Å². The van der Waals surface area contributed by atoms with Crippen LogP contribution in [-0.2, 0) is 38.1 Å². The summed E-state index contributed by atoms with van der Waals surface area (Å²) in [6.07, 6.45) is 65.2. The summed E-state index contributed by atoms with van der Waals surface area (Å²) >= 11 is 0. The van der Waals surface area contributed by atoms with Crippen LogP contribution in [0.2, 0.25) is 0 Å². The van der Waals surface area contributed by atoms with Gasteiger partial charge in [-0.3, -0.25) is 9.59 Å². The molecule has 104 heavy (non-hydrogen) atoms. The van der Waals surface area contributed by atoms with Gasteiger partial charge in [0.15, 0.2) is 11.2 Å². The maximum atomic E-state index is 11.9. The van der Waals surface area contributed by atoms with E-state index in [0.717, 1.165) is 177 Å². The van der Waals surface area contributed by atoms with E-state index in [1.54, 1.807) is 0 Å². The molecule has 16 fully saturated rings. The first kappa shape index (κ1) is 78.4. The predicted molar refractivity (Wildman–Crippen MR) is 405 cm³/mol. The van der Waals surface area contributed by atoms with Crippen molar-refractivity contribution in [3.05, 3.63) is 0 Å². The molecule has 16 rings (SSSR count). The minimum Gasteiger partial charge on any atom is -0.445 e. The minimum absolute atomic E-state index is 0.0727. The SMILES string of the molecule is C#C[C@]1(O)CCC2C3CC[C@H]4C[C@H](O)CC[C@]4(C)C3CC[C@@]21C.C#C[C@]1(O)CCC2C3CC[C@H]4C[C@H](OCC=O)CC[C@]4(C)C3CC[C@@]21C.C#C[C@]1(OC(C)=O)CCC2C3CC[C@H]4C[C@H](O)CC[C@]4(C)C3CC[C@@]21C.C#C[C@]1(OC(C)=O)CCC2C3CC[C@H]4C[C@H](OCC=O)CC[C@]4(C)C3CC[C@@]21C. The Balaban J connectivity index is 0.000000124. The molecule has 0 heterocycles. The molecule has 0 amide bonds. The summed E-state index contributed by atoms with van der Waals surface area (Å²) in [5, 5.41) is 42.3.